The standard InChI is InChI=1S/C22H21F3N2O2/c23-22(24,25)19-9-6-17(7-10-19)8-11-20(28)27-13-12-26(21(27)15-29-16-21)14-18-4-2-1-3-5-18/h1-11H,12-16H2/b11-8+. The van der Waals surface area contributed by atoms with Crippen LogP contribution in [0.2, 0.25) is 0 Å². The summed E-state index contributed by atoms with van der Waals surface area (Å²) in [5.41, 5.74) is 0.568. The van der Waals surface area contributed by atoms with E-state index in [1.807, 2.05) is 18.2 Å². The number of alkyl halides is 3. The smallest absolute Gasteiger partial charge is 0.374 e. The van der Waals surface area contributed by atoms with Gasteiger partial charge in [-0.25, -0.2) is 0 Å². The van der Waals surface area contributed by atoms with Crippen LogP contribution in [0.25, 0.3) is 6.08 Å². The molecular formula is C22H21F3N2O2. The third-order valence-corrected chi connectivity index (χ3v) is 5.49. The maximum Gasteiger partial charge on any atom is 0.416 e. The molecular weight excluding hydrogens is 381 g/mol. The van der Waals surface area contributed by atoms with Crippen molar-refractivity contribution in [1.82, 2.24) is 9.80 Å². The number of benzene rings is 2. The average molecular weight is 402 g/mol. The number of rotatable bonds is 4. The minimum Gasteiger partial charge on any atom is -0.374 e. The van der Waals surface area contributed by atoms with E-state index in [1.165, 1.54) is 23.8 Å². The molecule has 2 aliphatic rings. The largest absolute Gasteiger partial charge is 0.416 e. The second-order valence-corrected chi connectivity index (χ2v) is 7.33. The Balaban J connectivity index is 1.45. The van der Waals surface area contributed by atoms with Gasteiger partial charge in [0, 0.05) is 25.7 Å². The van der Waals surface area contributed by atoms with Crippen LogP contribution in [-0.4, -0.2) is 47.7 Å². The second-order valence-electron chi connectivity index (χ2n) is 7.33. The van der Waals surface area contributed by atoms with Crippen molar-refractivity contribution >= 4 is 12.0 Å². The lowest BCUT2D eigenvalue weighted by molar-refractivity contribution is -0.192. The number of nitrogens with zero attached hydrogens (tertiary/aromatic N) is 2. The molecule has 0 atom stereocenters. The fourth-order valence-electron chi connectivity index (χ4n) is 3.82. The van der Waals surface area contributed by atoms with Crippen LogP contribution < -0.4 is 0 Å². The molecule has 0 aromatic heterocycles. The Bertz CT molecular complexity index is 891. The molecule has 2 fully saturated rings. The molecule has 0 unspecified atom stereocenters. The van der Waals surface area contributed by atoms with Gasteiger partial charge in [0.2, 0.25) is 5.91 Å². The molecule has 152 valence electrons. The van der Waals surface area contributed by atoms with Crippen LogP contribution in [0.1, 0.15) is 16.7 Å². The Kier molecular flexibility index (Phi) is 5.19. The molecule has 0 saturated carbocycles. The number of hydrogen-bond acceptors (Lipinski definition) is 3. The molecule has 1 spiro atoms. The number of hydrogen-bond donors (Lipinski definition) is 0. The number of amides is 1. The highest BCUT2D eigenvalue weighted by Crippen LogP contribution is 2.35. The fraction of sp³-hybridized carbons (Fsp3) is 0.318. The summed E-state index contributed by atoms with van der Waals surface area (Å²) in [5.74, 6) is -0.163. The molecule has 0 N–H and O–H groups in total. The SMILES string of the molecule is O=C(/C=C/c1ccc(C(F)(F)F)cc1)N1CCN(Cc2ccccc2)C12COC2. The van der Waals surface area contributed by atoms with Crippen molar-refractivity contribution < 1.29 is 22.7 Å². The molecule has 2 aromatic carbocycles. The highest BCUT2D eigenvalue weighted by molar-refractivity contribution is 5.92. The van der Waals surface area contributed by atoms with Crippen LogP contribution in [0.5, 0.6) is 0 Å². The summed E-state index contributed by atoms with van der Waals surface area (Å²) in [7, 11) is 0. The van der Waals surface area contributed by atoms with Crippen LogP contribution in [0.15, 0.2) is 60.7 Å². The van der Waals surface area contributed by atoms with E-state index in [1.54, 1.807) is 11.0 Å². The Labute approximate surface area is 167 Å². The molecule has 2 aliphatic heterocycles. The van der Waals surface area contributed by atoms with Gasteiger partial charge in [0.15, 0.2) is 0 Å². The van der Waals surface area contributed by atoms with Crippen molar-refractivity contribution in [3.05, 3.63) is 77.4 Å². The zero-order valence-electron chi connectivity index (χ0n) is 15.7. The Hall–Kier alpha value is -2.64. The van der Waals surface area contributed by atoms with Crippen molar-refractivity contribution in [3.8, 4) is 0 Å². The van der Waals surface area contributed by atoms with Crippen molar-refractivity contribution in [2.24, 2.45) is 0 Å². The lowest BCUT2D eigenvalue weighted by Gasteiger charge is -2.49. The van der Waals surface area contributed by atoms with E-state index < -0.39 is 17.4 Å². The molecule has 1 amide bonds. The lowest BCUT2D eigenvalue weighted by atomic mass is 10.0. The third-order valence-electron chi connectivity index (χ3n) is 5.49. The first-order valence-electron chi connectivity index (χ1n) is 9.42. The summed E-state index contributed by atoms with van der Waals surface area (Å²) in [6.07, 6.45) is -1.39. The third kappa shape index (κ3) is 3.93. The van der Waals surface area contributed by atoms with E-state index in [4.69, 9.17) is 4.74 Å². The lowest BCUT2D eigenvalue weighted by Crippen LogP contribution is -2.67. The molecule has 4 nitrogen and oxygen atoms in total. The Morgan fingerprint density at radius 3 is 2.31 bits per heavy atom. The molecule has 4 rings (SSSR count). The van der Waals surface area contributed by atoms with Gasteiger partial charge < -0.3 is 9.64 Å². The molecule has 2 aromatic rings. The van der Waals surface area contributed by atoms with Crippen LogP contribution in [0, 0.1) is 0 Å². The van der Waals surface area contributed by atoms with E-state index in [0.29, 0.717) is 25.3 Å². The van der Waals surface area contributed by atoms with Crippen LogP contribution in [0.3, 0.4) is 0 Å². The molecule has 29 heavy (non-hydrogen) atoms. The van der Waals surface area contributed by atoms with Crippen LogP contribution in [0.4, 0.5) is 13.2 Å². The molecule has 7 heteroatoms. The summed E-state index contributed by atoms with van der Waals surface area (Å²) in [5, 5.41) is 0. The molecule has 0 bridgehead atoms. The minimum absolute atomic E-state index is 0.163. The van der Waals surface area contributed by atoms with Gasteiger partial charge in [0.05, 0.1) is 18.8 Å². The zero-order valence-corrected chi connectivity index (χ0v) is 15.7. The van der Waals surface area contributed by atoms with Gasteiger partial charge in [0.1, 0.15) is 5.66 Å². The average Bonchev–Trinajstić information content (AvgIpc) is 3.06. The van der Waals surface area contributed by atoms with Gasteiger partial charge in [-0.05, 0) is 29.3 Å². The van der Waals surface area contributed by atoms with E-state index in [9.17, 15) is 18.0 Å². The number of ether oxygens (including phenoxy) is 1. The Morgan fingerprint density at radius 2 is 1.72 bits per heavy atom. The first-order chi connectivity index (χ1) is 13.9. The number of carbonyl (C=O) groups excluding carboxylic acids is 1. The van der Waals surface area contributed by atoms with E-state index >= 15 is 0 Å². The van der Waals surface area contributed by atoms with E-state index in [2.05, 4.69) is 17.0 Å². The molecule has 0 radical (unpaired) electrons. The Morgan fingerprint density at radius 1 is 1.03 bits per heavy atom. The first-order valence-corrected chi connectivity index (χ1v) is 9.42. The van der Waals surface area contributed by atoms with Gasteiger partial charge in [-0.1, -0.05) is 42.5 Å². The molecule has 0 aliphatic carbocycles. The number of carbonyl (C=O) groups is 1. The van der Waals surface area contributed by atoms with E-state index in [0.717, 1.165) is 25.2 Å². The monoisotopic (exact) mass is 402 g/mol. The second kappa shape index (κ2) is 7.65. The topological polar surface area (TPSA) is 32.8 Å². The summed E-state index contributed by atoms with van der Waals surface area (Å²) in [6, 6.07) is 14.8. The van der Waals surface area contributed by atoms with Gasteiger partial charge in [-0.15, -0.1) is 0 Å². The summed E-state index contributed by atoms with van der Waals surface area (Å²) in [4.78, 5) is 16.9. The fourth-order valence-corrected chi connectivity index (χ4v) is 3.82. The quantitative estimate of drug-likeness (QED) is 0.730. The normalized spacial score (nSPS) is 19.1. The first kappa shape index (κ1) is 19.7. The van der Waals surface area contributed by atoms with Crippen molar-refractivity contribution in [2.45, 2.75) is 18.4 Å². The maximum absolute atomic E-state index is 12.8. The van der Waals surface area contributed by atoms with Crippen molar-refractivity contribution in [3.63, 3.8) is 0 Å². The maximum atomic E-state index is 12.8. The minimum atomic E-state index is -4.37. The predicted octanol–water partition coefficient (Wildman–Crippen LogP) is 3.79. The summed E-state index contributed by atoms with van der Waals surface area (Å²) < 4.78 is 43.4. The van der Waals surface area contributed by atoms with Crippen LogP contribution in [-0.2, 0) is 22.3 Å². The predicted molar refractivity (Wildman–Crippen MR) is 103 cm³/mol. The molecule has 2 saturated heterocycles. The van der Waals surface area contributed by atoms with Gasteiger partial charge >= 0.3 is 6.18 Å². The van der Waals surface area contributed by atoms with E-state index in [-0.39, 0.29) is 5.91 Å². The van der Waals surface area contributed by atoms with Crippen LogP contribution >= 0.6 is 0 Å². The zero-order chi connectivity index (χ0) is 20.5. The summed E-state index contributed by atoms with van der Waals surface area (Å²) in [6.45, 7) is 2.99. The molecule has 2 heterocycles. The summed E-state index contributed by atoms with van der Waals surface area (Å²) >= 11 is 0. The number of halogens is 3. The highest BCUT2D eigenvalue weighted by atomic mass is 19.4. The van der Waals surface area contributed by atoms with Gasteiger partial charge in [-0.3, -0.25) is 9.69 Å². The highest BCUT2D eigenvalue weighted by Gasteiger charge is 2.54. The van der Waals surface area contributed by atoms with Gasteiger partial charge in [0.25, 0.3) is 0 Å². The van der Waals surface area contributed by atoms with Gasteiger partial charge in [-0.2, -0.15) is 13.2 Å². The van der Waals surface area contributed by atoms with Crippen molar-refractivity contribution in [2.75, 3.05) is 26.3 Å². The van der Waals surface area contributed by atoms with Crippen molar-refractivity contribution in [1.29, 1.82) is 0 Å².